The van der Waals surface area contributed by atoms with Gasteiger partial charge in [-0.1, -0.05) is 54.6 Å². The molecule has 0 spiro atoms. The van der Waals surface area contributed by atoms with Crippen LogP contribution in [0.15, 0.2) is 78.9 Å². The van der Waals surface area contributed by atoms with Gasteiger partial charge in [-0.25, -0.2) is 0 Å². The van der Waals surface area contributed by atoms with E-state index in [-0.39, 0.29) is 0 Å². The predicted octanol–water partition coefficient (Wildman–Crippen LogP) is 5.06. The lowest BCUT2D eigenvalue weighted by Gasteiger charge is -2.20. The van der Waals surface area contributed by atoms with Crippen LogP contribution in [0.1, 0.15) is 16.7 Å². The van der Waals surface area contributed by atoms with Crippen molar-refractivity contribution in [2.24, 2.45) is 0 Å². The van der Waals surface area contributed by atoms with Crippen LogP contribution < -0.4 is 9.47 Å². The molecule has 184 valence electrons. The molecular weight excluding hydrogens is 502 g/mol. The van der Waals surface area contributed by atoms with Crippen LogP contribution >= 0.6 is 0 Å². The van der Waals surface area contributed by atoms with E-state index >= 15 is 0 Å². The summed E-state index contributed by atoms with van der Waals surface area (Å²) in [5, 5.41) is 10.2. The van der Waals surface area contributed by atoms with Gasteiger partial charge in [0.1, 0.15) is 56.8 Å². The highest BCUT2D eigenvalue weighted by atomic mass is 16.5. The first kappa shape index (κ1) is 27.9. The highest BCUT2D eigenvalue weighted by Gasteiger charge is 2.19. The van der Waals surface area contributed by atoms with Crippen LogP contribution in [0.25, 0.3) is 11.1 Å². The fraction of sp³-hybridized carbons (Fsp3) is 0. The Morgan fingerprint density at radius 1 is 0.600 bits per heavy atom. The molecule has 0 bridgehead atoms. The first-order valence-corrected chi connectivity index (χ1v) is 11.5. The third-order valence-electron chi connectivity index (χ3n) is 5.20. The van der Waals surface area contributed by atoms with Gasteiger partial charge >= 0.3 is 0 Å². The van der Waals surface area contributed by atoms with Crippen LogP contribution in [0, 0.1) is 90.2 Å². The van der Waals surface area contributed by atoms with E-state index in [0.717, 1.165) is 22.3 Å². The van der Waals surface area contributed by atoms with E-state index < -0.39 is 0 Å². The zero-order valence-corrected chi connectivity index (χ0v) is 20.5. The number of hydrogen-bond acceptors (Lipinski definition) is 7. The van der Waals surface area contributed by atoms with Crippen molar-refractivity contribution < 1.29 is 18.9 Å². The predicted molar refractivity (Wildman–Crippen MR) is 137 cm³/mol. The van der Waals surface area contributed by atoms with Gasteiger partial charge in [0.25, 0.3) is 0 Å². The molecule has 7 heteroatoms. The van der Waals surface area contributed by atoms with Gasteiger partial charge in [-0.2, -0.15) is 5.26 Å². The Morgan fingerprint density at radius 2 is 1.05 bits per heavy atom. The van der Waals surface area contributed by atoms with Gasteiger partial charge < -0.3 is 18.9 Å². The van der Waals surface area contributed by atoms with Crippen molar-refractivity contribution in [3.8, 4) is 17.6 Å². The third-order valence-corrected chi connectivity index (χ3v) is 5.20. The summed E-state index contributed by atoms with van der Waals surface area (Å²) in [5.74, 6) is 1.03. The largest absolute Gasteiger partial charge is 0.476 e. The highest BCUT2D eigenvalue weighted by Crippen LogP contribution is 2.34. The van der Waals surface area contributed by atoms with Crippen molar-refractivity contribution in [1.29, 1.82) is 5.26 Å². The van der Waals surface area contributed by atoms with Crippen molar-refractivity contribution in [2.45, 2.75) is 0 Å². The average Bonchev–Trinajstić information content (AvgIpc) is 3.02. The minimum Gasteiger partial charge on any atom is -0.476 e. The van der Waals surface area contributed by atoms with Gasteiger partial charge in [-0.3, -0.25) is 9.80 Å². The first-order valence-electron chi connectivity index (χ1n) is 11.5. The molecule has 5 rings (SSSR count). The van der Waals surface area contributed by atoms with Gasteiger partial charge in [0.05, 0.1) is 5.57 Å². The quantitative estimate of drug-likeness (QED) is 0.261. The van der Waals surface area contributed by atoms with E-state index in [1.54, 1.807) is 24.3 Å². The zero-order valence-electron chi connectivity index (χ0n) is 20.5. The topological polar surface area (TPSA) is 67.2 Å². The van der Waals surface area contributed by atoms with Gasteiger partial charge in [0, 0.05) is 5.57 Å². The number of hydrogen-bond donors (Lipinski definition) is 0. The van der Waals surface area contributed by atoms with E-state index in [4.69, 9.17) is 9.47 Å². The molecule has 0 amide bonds. The number of ether oxygens (including phenoxy) is 4. The molecule has 2 aliphatic heterocycles. The van der Waals surface area contributed by atoms with Crippen molar-refractivity contribution >= 4 is 11.1 Å². The molecule has 2 saturated heterocycles. The van der Waals surface area contributed by atoms with Crippen LogP contribution in [0.3, 0.4) is 0 Å². The summed E-state index contributed by atoms with van der Waals surface area (Å²) in [7, 11) is 0. The first-order chi connectivity index (χ1) is 19.8. The van der Waals surface area contributed by atoms with E-state index in [0.29, 0.717) is 17.1 Å². The molecule has 2 heterocycles. The molecule has 0 saturated carbocycles. The second-order valence-corrected chi connectivity index (χ2v) is 7.64. The Bertz CT molecular complexity index is 1190. The highest BCUT2D eigenvalue weighted by molar-refractivity contribution is 6.03. The minimum atomic E-state index is 0.511. The van der Waals surface area contributed by atoms with E-state index in [2.05, 4.69) is 94.5 Å². The number of rotatable bonds is 11. The van der Waals surface area contributed by atoms with E-state index in [1.165, 1.54) is 9.80 Å². The lowest BCUT2D eigenvalue weighted by atomic mass is 9.90. The molecule has 0 atom stereocenters. The van der Waals surface area contributed by atoms with Crippen molar-refractivity contribution in [3.05, 3.63) is 174 Å². The second-order valence-electron chi connectivity index (χ2n) is 7.64. The second kappa shape index (κ2) is 14.6. The van der Waals surface area contributed by atoms with Crippen LogP contribution in [0.4, 0.5) is 0 Å². The SMILES string of the molecule is N#CC(=C(c1ccc(O[C][C]N2[C][C]O[C][C]2)cc1)c1ccc(O[C][C]N2[C][C]O[C][C]2)cc1)c1ccccc1. The normalized spacial score (nSPS) is 16.2. The van der Waals surface area contributed by atoms with E-state index in [9.17, 15) is 5.26 Å². The fourth-order valence-electron chi connectivity index (χ4n) is 3.45. The number of morpholine rings is 2. The van der Waals surface area contributed by atoms with Crippen molar-refractivity contribution in [3.63, 3.8) is 0 Å². The molecule has 0 N–H and O–H groups in total. The van der Waals surface area contributed by atoms with Gasteiger partial charge in [0.2, 0.25) is 13.2 Å². The van der Waals surface area contributed by atoms with Gasteiger partial charge in [-0.05, 0) is 41.0 Å². The molecule has 3 aromatic rings. The van der Waals surface area contributed by atoms with E-state index in [1.807, 2.05) is 54.6 Å². The Hall–Kier alpha value is -3.67. The molecule has 40 heavy (non-hydrogen) atoms. The molecule has 3 aromatic carbocycles. The zero-order chi connectivity index (χ0) is 27.4. The molecule has 24 radical (unpaired) electrons. The Labute approximate surface area is 237 Å². The maximum absolute atomic E-state index is 10.2. The molecule has 2 aliphatic rings. The number of benzene rings is 3. The van der Waals surface area contributed by atoms with Crippen LogP contribution in [-0.2, 0) is 9.47 Å². The molecule has 0 aromatic heterocycles. The fourth-order valence-corrected chi connectivity index (χ4v) is 3.45. The Balaban J connectivity index is 1.31. The number of nitrogens with zero attached hydrogens (tertiary/aromatic N) is 3. The molecule has 0 unspecified atom stereocenters. The summed E-state index contributed by atoms with van der Waals surface area (Å²) < 4.78 is 20.2. The molecule has 0 aliphatic carbocycles. The van der Waals surface area contributed by atoms with Crippen LogP contribution in [0.5, 0.6) is 11.5 Å². The summed E-state index contributed by atoms with van der Waals surface area (Å²) >= 11 is 0. The molecular formula is C33H13N3O4. The maximum Gasteiger partial charge on any atom is 0.222 e. The van der Waals surface area contributed by atoms with Crippen LogP contribution in [-0.4, -0.2) is 9.80 Å². The standard InChI is InChI=1S/C33H13N3O4/c34-26-32(27-4-2-1-3-5-27)33(28-6-10-30(11-7-28)39-24-18-35-14-20-37-21-15-35)29-8-12-31(13-9-29)40-25-19-36-16-22-38-23-17-36/h1-13H. The summed E-state index contributed by atoms with van der Waals surface area (Å²) in [4.78, 5) is 2.50. The third kappa shape index (κ3) is 7.71. The lowest BCUT2D eigenvalue weighted by molar-refractivity contribution is 0.215. The molecule has 2 fully saturated rings. The Morgan fingerprint density at radius 3 is 1.48 bits per heavy atom. The monoisotopic (exact) mass is 515 g/mol. The number of nitriles is 1. The molecule has 7 nitrogen and oxygen atoms in total. The lowest BCUT2D eigenvalue weighted by Crippen LogP contribution is -2.21. The van der Waals surface area contributed by atoms with Crippen LogP contribution in [0.2, 0.25) is 0 Å². The van der Waals surface area contributed by atoms with Crippen molar-refractivity contribution in [2.75, 3.05) is 0 Å². The summed E-state index contributed by atoms with van der Waals surface area (Å²) in [5.41, 5.74) is 3.66. The van der Waals surface area contributed by atoms with Gasteiger partial charge in [0.15, 0.2) is 26.4 Å². The number of allylic oxidation sites excluding steroid dienone is 1. The summed E-state index contributed by atoms with van der Waals surface area (Å²) in [6.45, 7) is 30.2. The minimum absolute atomic E-state index is 0.511. The smallest absolute Gasteiger partial charge is 0.222 e. The maximum atomic E-state index is 10.2. The summed E-state index contributed by atoms with van der Waals surface area (Å²) in [6.07, 6.45) is 0. The van der Waals surface area contributed by atoms with Gasteiger partial charge in [-0.15, -0.1) is 0 Å². The summed E-state index contributed by atoms with van der Waals surface area (Å²) in [6, 6.07) is 26.4. The Kier molecular flexibility index (Phi) is 10.2. The van der Waals surface area contributed by atoms with Crippen molar-refractivity contribution in [1.82, 2.24) is 9.80 Å². The average molecular weight is 515 g/mol.